The van der Waals surface area contributed by atoms with Crippen molar-refractivity contribution >= 4 is 0 Å². The van der Waals surface area contributed by atoms with E-state index in [1.165, 1.54) is 18.4 Å². The van der Waals surface area contributed by atoms with Gasteiger partial charge in [0.05, 0.1) is 19.1 Å². The Morgan fingerprint density at radius 3 is 2.81 bits per heavy atom. The highest BCUT2D eigenvalue weighted by atomic mass is 16.3. The molecule has 4 rings (SSSR count). The Hall–Kier alpha value is -2.51. The lowest BCUT2D eigenvalue weighted by atomic mass is 9.97. The van der Waals surface area contributed by atoms with E-state index in [-0.39, 0.29) is 6.61 Å². The van der Waals surface area contributed by atoms with Crippen molar-refractivity contribution in [1.29, 1.82) is 0 Å². The minimum absolute atomic E-state index is 0.0497. The van der Waals surface area contributed by atoms with Crippen LogP contribution in [0.4, 0.5) is 0 Å². The fraction of sp³-hybridized carbons (Fsp3) is 0.421. The van der Waals surface area contributed by atoms with Crippen LogP contribution in [-0.2, 0) is 19.7 Å². The van der Waals surface area contributed by atoms with E-state index in [0.29, 0.717) is 11.6 Å². The second kappa shape index (κ2) is 7.80. The third-order valence-electron chi connectivity index (χ3n) is 4.94. The van der Waals surface area contributed by atoms with Crippen molar-refractivity contribution in [2.45, 2.75) is 32.5 Å². The molecule has 1 atom stereocenters. The number of piperidine rings is 1. The van der Waals surface area contributed by atoms with Crippen molar-refractivity contribution in [2.75, 3.05) is 13.1 Å². The summed E-state index contributed by atoms with van der Waals surface area (Å²) in [5.74, 6) is 0.571. The summed E-state index contributed by atoms with van der Waals surface area (Å²) >= 11 is 0. The standard InChI is InChI=1S/C19H24N6O/c26-14-18-13-25(22-21-18)12-17-2-1-8-23(11-17)10-16-3-5-19(6-4-16)24-9-7-20-15-24/h3-7,9,13,15,17,26H,1-2,8,10-12,14H2/t17-/m1/s1. The summed E-state index contributed by atoms with van der Waals surface area (Å²) < 4.78 is 3.87. The van der Waals surface area contributed by atoms with Crippen molar-refractivity contribution in [1.82, 2.24) is 29.4 Å². The minimum Gasteiger partial charge on any atom is -0.390 e. The summed E-state index contributed by atoms with van der Waals surface area (Å²) in [4.78, 5) is 6.61. The van der Waals surface area contributed by atoms with Gasteiger partial charge >= 0.3 is 0 Å². The van der Waals surface area contributed by atoms with E-state index in [0.717, 1.165) is 31.9 Å². The van der Waals surface area contributed by atoms with Crippen LogP contribution in [-0.4, -0.2) is 47.6 Å². The number of hydrogen-bond acceptors (Lipinski definition) is 5. The molecule has 1 fully saturated rings. The molecule has 1 aliphatic heterocycles. The highest BCUT2D eigenvalue weighted by Crippen LogP contribution is 2.20. The lowest BCUT2D eigenvalue weighted by Gasteiger charge is -2.32. The molecule has 3 aromatic rings. The first-order chi connectivity index (χ1) is 12.8. The fourth-order valence-electron chi connectivity index (χ4n) is 3.65. The average molecular weight is 352 g/mol. The topological polar surface area (TPSA) is 72.0 Å². The van der Waals surface area contributed by atoms with E-state index in [9.17, 15) is 0 Å². The Kier molecular flexibility index (Phi) is 5.08. The molecule has 136 valence electrons. The second-order valence-electron chi connectivity index (χ2n) is 6.97. The predicted molar refractivity (Wildman–Crippen MR) is 97.5 cm³/mol. The summed E-state index contributed by atoms with van der Waals surface area (Å²) in [6.07, 6.45) is 9.82. The Morgan fingerprint density at radius 1 is 1.19 bits per heavy atom. The lowest BCUT2D eigenvalue weighted by Crippen LogP contribution is -2.36. The summed E-state index contributed by atoms with van der Waals surface area (Å²) in [6, 6.07) is 8.68. The normalized spacial score (nSPS) is 18.3. The monoisotopic (exact) mass is 352 g/mol. The molecule has 0 amide bonds. The highest BCUT2D eigenvalue weighted by Gasteiger charge is 2.21. The molecule has 0 saturated carbocycles. The number of imidazole rings is 1. The minimum atomic E-state index is -0.0497. The second-order valence-corrected chi connectivity index (χ2v) is 6.97. The van der Waals surface area contributed by atoms with Gasteiger partial charge in [-0.3, -0.25) is 9.58 Å². The Balaban J connectivity index is 1.34. The maximum absolute atomic E-state index is 9.11. The van der Waals surface area contributed by atoms with Gasteiger partial charge in [-0.05, 0) is 43.0 Å². The molecule has 0 aliphatic carbocycles. The quantitative estimate of drug-likeness (QED) is 0.733. The third-order valence-corrected chi connectivity index (χ3v) is 4.94. The maximum Gasteiger partial charge on any atom is 0.108 e. The Bertz CT molecular complexity index is 811. The van der Waals surface area contributed by atoms with Crippen LogP contribution in [0.1, 0.15) is 24.1 Å². The van der Waals surface area contributed by atoms with Gasteiger partial charge in [-0.1, -0.05) is 17.3 Å². The van der Waals surface area contributed by atoms with Crippen LogP contribution in [0.15, 0.2) is 49.2 Å². The predicted octanol–water partition coefficient (Wildman–Crippen LogP) is 1.87. The van der Waals surface area contributed by atoms with E-state index in [2.05, 4.69) is 44.5 Å². The van der Waals surface area contributed by atoms with E-state index in [1.807, 2.05) is 28.0 Å². The van der Waals surface area contributed by atoms with Gasteiger partial charge in [-0.25, -0.2) is 4.98 Å². The van der Waals surface area contributed by atoms with Crippen molar-refractivity contribution in [2.24, 2.45) is 5.92 Å². The van der Waals surface area contributed by atoms with Gasteiger partial charge in [-0.2, -0.15) is 0 Å². The van der Waals surface area contributed by atoms with Gasteiger partial charge in [0.1, 0.15) is 5.69 Å². The number of likely N-dealkylation sites (tertiary alicyclic amines) is 1. The number of benzene rings is 1. The van der Waals surface area contributed by atoms with Crippen LogP contribution in [0.2, 0.25) is 0 Å². The number of aromatic nitrogens is 5. The lowest BCUT2D eigenvalue weighted by molar-refractivity contribution is 0.153. The van der Waals surface area contributed by atoms with E-state index < -0.39 is 0 Å². The molecule has 0 bridgehead atoms. The molecule has 7 nitrogen and oxygen atoms in total. The van der Waals surface area contributed by atoms with Crippen LogP contribution in [0, 0.1) is 5.92 Å². The highest BCUT2D eigenvalue weighted by molar-refractivity contribution is 5.34. The zero-order valence-corrected chi connectivity index (χ0v) is 14.8. The Labute approximate surface area is 152 Å². The first-order valence-electron chi connectivity index (χ1n) is 9.09. The summed E-state index contributed by atoms with van der Waals surface area (Å²) in [6.45, 7) is 3.99. The third kappa shape index (κ3) is 4.00. The number of hydrogen-bond donors (Lipinski definition) is 1. The molecule has 7 heteroatoms. The van der Waals surface area contributed by atoms with Gasteiger partial charge in [0.2, 0.25) is 0 Å². The van der Waals surface area contributed by atoms with E-state index in [1.54, 1.807) is 6.20 Å². The molecular weight excluding hydrogens is 328 g/mol. The van der Waals surface area contributed by atoms with Crippen LogP contribution in [0.25, 0.3) is 5.69 Å². The molecule has 0 radical (unpaired) electrons. The average Bonchev–Trinajstić information content (AvgIpc) is 3.34. The van der Waals surface area contributed by atoms with Gasteiger partial charge in [-0.15, -0.1) is 5.10 Å². The Morgan fingerprint density at radius 2 is 2.08 bits per heavy atom. The molecule has 3 heterocycles. The van der Waals surface area contributed by atoms with Crippen molar-refractivity contribution in [3.8, 4) is 5.69 Å². The first kappa shape index (κ1) is 16.9. The van der Waals surface area contributed by atoms with Gasteiger partial charge in [0, 0.05) is 37.7 Å². The van der Waals surface area contributed by atoms with Crippen molar-refractivity contribution in [3.63, 3.8) is 0 Å². The number of aliphatic hydroxyl groups excluding tert-OH is 1. The number of aliphatic hydroxyl groups is 1. The first-order valence-corrected chi connectivity index (χ1v) is 9.09. The molecule has 1 aromatic carbocycles. The van der Waals surface area contributed by atoms with Crippen LogP contribution in [0.5, 0.6) is 0 Å². The molecule has 1 aliphatic rings. The molecule has 0 spiro atoms. The van der Waals surface area contributed by atoms with Gasteiger partial charge in [0.15, 0.2) is 0 Å². The molecule has 1 N–H and O–H groups in total. The SMILES string of the molecule is OCc1cn(C[C@@H]2CCCN(Cc3ccc(-n4ccnc4)cc3)C2)nn1. The van der Waals surface area contributed by atoms with Crippen LogP contribution in [0.3, 0.4) is 0 Å². The van der Waals surface area contributed by atoms with E-state index in [4.69, 9.17) is 5.11 Å². The molecule has 26 heavy (non-hydrogen) atoms. The van der Waals surface area contributed by atoms with Gasteiger partial charge in [0.25, 0.3) is 0 Å². The molecular formula is C19H24N6O. The number of rotatable bonds is 6. The summed E-state index contributed by atoms with van der Waals surface area (Å²) in [5.41, 5.74) is 3.10. The van der Waals surface area contributed by atoms with Gasteiger partial charge < -0.3 is 9.67 Å². The fourth-order valence-corrected chi connectivity index (χ4v) is 3.65. The van der Waals surface area contributed by atoms with E-state index >= 15 is 0 Å². The zero-order chi connectivity index (χ0) is 17.8. The van der Waals surface area contributed by atoms with Crippen LogP contribution < -0.4 is 0 Å². The molecule has 1 saturated heterocycles. The maximum atomic E-state index is 9.11. The molecule has 2 aromatic heterocycles. The van der Waals surface area contributed by atoms with Crippen molar-refractivity contribution < 1.29 is 5.11 Å². The van der Waals surface area contributed by atoms with Crippen molar-refractivity contribution in [3.05, 3.63) is 60.4 Å². The largest absolute Gasteiger partial charge is 0.390 e. The smallest absolute Gasteiger partial charge is 0.108 e. The zero-order valence-electron chi connectivity index (χ0n) is 14.8. The van der Waals surface area contributed by atoms with Crippen LogP contribution >= 0.6 is 0 Å². The summed E-state index contributed by atoms with van der Waals surface area (Å²) in [7, 11) is 0. The molecule has 0 unspecified atom stereocenters. The summed E-state index contributed by atoms with van der Waals surface area (Å²) in [5, 5.41) is 17.2. The number of nitrogens with zero attached hydrogens (tertiary/aromatic N) is 6.